The molecule has 2 aliphatic heterocycles. The minimum absolute atomic E-state index is 0. The van der Waals surface area contributed by atoms with Crippen LogP contribution in [-0.4, -0.2) is 24.3 Å². The van der Waals surface area contributed by atoms with Crippen LogP contribution in [0.15, 0.2) is 0 Å². The Morgan fingerprint density at radius 3 is 2.17 bits per heavy atom. The van der Waals surface area contributed by atoms with E-state index < -0.39 is 0 Å². The number of nitrogens with one attached hydrogen (secondary N) is 1. The van der Waals surface area contributed by atoms with E-state index in [0.29, 0.717) is 0 Å². The molecule has 0 aliphatic carbocycles. The van der Waals surface area contributed by atoms with Crippen LogP contribution in [0.2, 0.25) is 0 Å². The second kappa shape index (κ2) is 3.17. The van der Waals surface area contributed by atoms with E-state index in [1.165, 1.54) is 19.3 Å². The highest BCUT2D eigenvalue weighted by Crippen LogP contribution is 2.37. The Labute approximate surface area is 80.5 Å². The molecular formula is C9H18ClNO. The molecule has 2 heterocycles. The zero-order valence-corrected chi connectivity index (χ0v) is 8.67. The third kappa shape index (κ3) is 1.76. The lowest BCUT2D eigenvalue weighted by Crippen LogP contribution is -2.65. The lowest BCUT2D eigenvalue weighted by atomic mass is 9.83. The Morgan fingerprint density at radius 1 is 1.17 bits per heavy atom. The van der Waals surface area contributed by atoms with Crippen LogP contribution in [0.5, 0.6) is 0 Å². The maximum absolute atomic E-state index is 6.03. The average molecular weight is 192 g/mol. The number of hydrogen-bond acceptors (Lipinski definition) is 2. The molecule has 0 aromatic carbocycles. The van der Waals surface area contributed by atoms with E-state index in [0.717, 1.165) is 13.1 Å². The van der Waals surface area contributed by atoms with Crippen molar-refractivity contribution in [3.8, 4) is 0 Å². The summed E-state index contributed by atoms with van der Waals surface area (Å²) < 4.78 is 6.03. The number of hydrogen-bond donors (Lipinski definition) is 1. The highest BCUT2D eigenvalue weighted by atomic mass is 35.5. The average Bonchev–Trinajstić information content (AvgIpc) is 1.82. The van der Waals surface area contributed by atoms with Crippen molar-refractivity contribution in [3.63, 3.8) is 0 Å². The van der Waals surface area contributed by atoms with Crippen LogP contribution >= 0.6 is 12.4 Å². The predicted molar refractivity (Wildman–Crippen MR) is 51.9 cm³/mol. The molecule has 2 fully saturated rings. The quantitative estimate of drug-likeness (QED) is 0.630. The van der Waals surface area contributed by atoms with Gasteiger partial charge in [0.15, 0.2) is 0 Å². The lowest BCUT2D eigenvalue weighted by molar-refractivity contribution is -0.193. The molecule has 0 atom stereocenters. The molecule has 0 saturated carbocycles. The van der Waals surface area contributed by atoms with E-state index in [9.17, 15) is 0 Å². The third-order valence-electron chi connectivity index (χ3n) is 2.80. The van der Waals surface area contributed by atoms with E-state index in [4.69, 9.17) is 4.74 Å². The molecule has 2 nitrogen and oxygen atoms in total. The third-order valence-corrected chi connectivity index (χ3v) is 2.80. The van der Waals surface area contributed by atoms with Gasteiger partial charge in [-0.15, -0.1) is 12.4 Å². The molecule has 2 rings (SSSR count). The number of halogens is 1. The van der Waals surface area contributed by atoms with Crippen molar-refractivity contribution in [2.75, 3.05) is 13.1 Å². The standard InChI is InChI=1S/C9H17NO.ClH/c1-8(2)4-3-5-9(11-8)6-10-7-9;/h10H,3-7H2,1-2H3;1H. The van der Waals surface area contributed by atoms with Gasteiger partial charge in [0, 0.05) is 13.1 Å². The maximum Gasteiger partial charge on any atom is 0.0937 e. The normalized spacial score (nSPS) is 30.5. The molecule has 0 aromatic rings. The van der Waals surface area contributed by atoms with Crippen molar-refractivity contribution >= 4 is 12.4 Å². The summed E-state index contributed by atoms with van der Waals surface area (Å²) in [5.74, 6) is 0. The van der Waals surface area contributed by atoms with Crippen molar-refractivity contribution in [1.29, 1.82) is 0 Å². The van der Waals surface area contributed by atoms with E-state index in [2.05, 4.69) is 19.2 Å². The first-order valence-electron chi connectivity index (χ1n) is 4.53. The highest BCUT2D eigenvalue weighted by Gasteiger charge is 2.44. The highest BCUT2D eigenvalue weighted by molar-refractivity contribution is 5.85. The summed E-state index contributed by atoms with van der Waals surface area (Å²) in [5, 5.41) is 3.28. The van der Waals surface area contributed by atoms with E-state index in [-0.39, 0.29) is 23.6 Å². The van der Waals surface area contributed by atoms with Crippen molar-refractivity contribution in [2.45, 2.75) is 44.3 Å². The van der Waals surface area contributed by atoms with E-state index in [1.807, 2.05) is 0 Å². The molecule has 3 heteroatoms. The van der Waals surface area contributed by atoms with Gasteiger partial charge in [-0.05, 0) is 33.1 Å². The van der Waals surface area contributed by atoms with E-state index in [1.54, 1.807) is 0 Å². The molecule has 0 bridgehead atoms. The van der Waals surface area contributed by atoms with Gasteiger partial charge in [-0.25, -0.2) is 0 Å². The molecule has 72 valence electrons. The van der Waals surface area contributed by atoms with Gasteiger partial charge in [0.2, 0.25) is 0 Å². The zero-order chi connectivity index (χ0) is 7.95. The Morgan fingerprint density at radius 2 is 1.83 bits per heavy atom. The molecule has 0 unspecified atom stereocenters. The maximum atomic E-state index is 6.03. The fraction of sp³-hybridized carbons (Fsp3) is 1.00. The number of rotatable bonds is 0. The Balaban J connectivity index is 0.000000720. The van der Waals surface area contributed by atoms with Crippen molar-refractivity contribution in [3.05, 3.63) is 0 Å². The molecule has 0 radical (unpaired) electrons. The Hall–Kier alpha value is 0.210. The molecule has 1 spiro atoms. The molecule has 0 amide bonds. The second-order valence-electron chi connectivity index (χ2n) is 4.50. The van der Waals surface area contributed by atoms with Crippen LogP contribution in [0, 0.1) is 0 Å². The summed E-state index contributed by atoms with van der Waals surface area (Å²) >= 11 is 0. The molecule has 12 heavy (non-hydrogen) atoms. The topological polar surface area (TPSA) is 21.3 Å². The van der Waals surface area contributed by atoms with Crippen LogP contribution in [-0.2, 0) is 4.74 Å². The Bertz CT molecular complexity index is 166. The first-order valence-corrected chi connectivity index (χ1v) is 4.53. The minimum Gasteiger partial charge on any atom is -0.366 e. The van der Waals surface area contributed by atoms with Crippen LogP contribution in [0.25, 0.3) is 0 Å². The van der Waals surface area contributed by atoms with Gasteiger partial charge < -0.3 is 10.1 Å². The minimum atomic E-state index is 0. The van der Waals surface area contributed by atoms with Gasteiger partial charge in [0.1, 0.15) is 0 Å². The number of ether oxygens (including phenoxy) is 1. The molecule has 2 aliphatic rings. The summed E-state index contributed by atoms with van der Waals surface area (Å²) in [6.07, 6.45) is 3.80. The first kappa shape index (κ1) is 10.3. The molecule has 2 saturated heterocycles. The van der Waals surface area contributed by atoms with Gasteiger partial charge in [0.25, 0.3) is 0 Å². The monoisotopic (exact) mass is 191 g/mol. The summed E-state index contributed by atoms with van der Waals surface area (Å²) in [7, 11) is 0. The molecule has 0 aromatic heterocycles. The smallest absolute Gasteiger partial charge is 0.0937 e. The van der Waals surface area contributed by atoms with Crippen molar-refractivity contribution in [2.24, 2.45) is 0 Å². The van der Waals surface area contributed by atoms with Crippen molar-refractivity contribution < 1.29 is 4.74 Å². The predicted octanol–water partition coefficient (Wildman–Crippen LogP) is 1.73. The molecular weight excluding hydrogens is 174 g/mol. The van der Waals surface area contributed by atoms with Gasteiger partial charge in [0.05, 0.1) is 11.2 Å². The largest absolute Gasteiger partial charge is 0.366 e. The van der Waals surface area contributed by atoms with Crippen LogP contribution < -0.4 is 5.32 Å². The second-order valence-corrected chi connectivity index (χ2v) is 4.50. The lowest BCUT2D eigenvalue weighted by Gasteiger charge is -2.51. The molecule has 1 N–H and O–H groups in total. The summed E-state index contributed by atoms with van der Waals surface area (Å²) in [5.41, 5.74) is 0.349. The fourth-order valence-corrected chi connectivity index (χ4v) is 2.18. The summed E-state index contributed by atoms with van der Waals surface area (Å²) in [4.78, 5) is 0. The van der Waals surface area contributed by atoms with Crippen LogP contribution in [0.1, 0.15) is 33.1 Å². The van der Waals surface area contributed by atoms with Gasteiger partial charge in [-0.1, -0.05) is 0 Å². The van der Waals surface area contributed by atoms with Gasteiger partial charge >= 0.3 is 0 Å². The Kier molecular flexibility index (Phi) is 2.72. The SMILES string of the molecule is CC1(C)CCCC2(CNC2)O1.Cl. The van der Waals surface area contributed by atoms with Gasteiger partial charge in [-0.2, -0.15) is 0 Å². The van der Waals surface area contributed by atoms with Crippen LogP contribution in [0.4, 0.5) is 0 Å². The van der Waals surface area contributed by atoms with Crippen molar-refractivity contribution in [1.82, 2.24) is 5.32 Å². The first-order chi connectivity index (χ1) is 5.12. The fourth-order valence-electron chi connectivity index (χ4n) is 2.18. The summed E-state index contributed by atoms with van der Waals surface area (Å²) in [6.45, 7) is 6.53. The zero-order valence-electron chi connectivity index (χ0n) is 7.85. The van der Waals surface area contributed by atoms with Gasteiger partial charge in [-0.3, -0.25) is 0 Å². The van der Waals surface area contributed by atoms with E-state index >= 15 is 0 Å². The van der Waals surface area contributed by atoms with Crippen LogP contribution in [0.3, 0.4) is 0 Å². The summed E-state index contributed by atoms with van der Waals surface area (Å²) in [6, 6.07) is 0.